The summed E-state index contributed by atoms with van der Waals surface area (Å²) in [5.41, 5.74) is -0.317. The number of carbonyl (C=O) groups excluding carboxylic acids is 1. The van der Waals surface area contributed by atoms with Crippen molar-refractivity contribution in [3.8, 4) is 11.4 Å². The van der Waals surface area contributed by atoms with Gasteiger partial charge in [0.25, 0.3) is 0 Å². The molecule has 10 heteroatoms. The van der Waals surface area contributed by atoms with E-state index in [2.05, 4.69) is 10.1 Å². The Bertz CT molecular complexity index is 792. The third-order valence-electron chi connectivity index (χ3n) is 4.33. The van der Waals surface area contributed by atoms with Crippen molar-refractivity contribution in [2.24, 2.45) is 0 Å². The molecular weight excluding hydrogens is 379 g/mol. The van der Waals surface area contributed by atoms with E-state index in [-0.39, 0.29) is 24.3 Å². The van der Waals surface area contributed by atoms with Gasteiger partial charge in [-0.3, -0.25) is 9.69 Å². The summed E-state index contributed by atoms with van der Waals surface area (Å²) < 4.78 is 53.6. The van der Waals surface area contributed by atoms with E-state index in [0.717, 1.165) is 12.1 Å². The second-order valence-electron chi connectivity index (χ2n) is 6.30. The van der Waals surface area contributed by atoms with E-state index >= 15 is 0 Å². The highest BCUT2D eigenvalue weighted by Crippen LogP contribution is 2.30. The average Bonchev–Trinajstić information content (AvgIpc) is 3.11. The van der Waals surface area contributed by atoms with Gasteiger partial charge in [-0.1, -0.05) is 17.3 Å². The van der Waals surface area contributed by atoms with Gasteiger partial charge >= 0.3 is 12.1 Å². The van der Waals surface area contributed by atoms with E-state index in [0.29, 0.717) is 44.4 Å². The Morgan fingerprint density at radius 3 is 2.75 bits per heavy atom. The second kappa shape index (κ2) is 8.70. The summed E-state index contributed by atoms with van der Waals surface area (Å²) in [6, 6.07) is 4.38. The molecule has 1 aromatic carbocycles. The molecule has 1 aromatic heterocycles. The Kier molecular flexibility index (Phi) is 6.30. The molecule has 0 bridgehead atoms. The highest BCUT2D eigenvalue weighted by molar-refractivity contribution is 5.70. The molecule has 0 radical (unpaired) electrons. The van der Waals surface area contributed by atoms with Gasteiger partial charge in [0.15, 0.2) is 0 Å². The Hall–Kier alpha value is -2.46. The molecule has 2 heterocycles. The zero-order chi connectivity index (χ0) is 20.1. The second-order valence-corrected chi connectivity index (χ2v) is 6.30. The number of hydrogen-bond donors (Lipinski definition) is 0. The molecule has 0 saturated carbocycles. The number of alkyl halides is 3. The maximum atomic E-state index is 12.7. The van der Waals surface area contributed by atoms with Gasteiger partial charge in [-0.05, 0) is 19.1 Å². The van der Waals surface area contributed by atoms with Crippen LogP contribution in [0.25, 0.3) is 11.4 Å². The number of benzene rings is 1. The van der Waals surface area contributed by atoms with Gasteiger partial charge in [0.05, 0.1) is 38.3 Å². The van der Waals surface area contributed by atoms with Crippen LogP contribution in [0.3, 0.4) is 0 Å². The van der Waals surface area contributed by atoms with Gasteiger partial charge in [0, 0.05) is 18.2 Å². The van der Waals surface area contributed by atoms with E-state index in [1.54, 1.807) is 6.92 Å². The molecule has 0 aliphatic carbocycles. The summed E-state index contributed by atoms with van der Waals surface area (Å²) in [4.78, 5) is 18.0. The first-order valence-electron chi connectivity index (χ1n) is 8.84. The third kappa shape index (κ3) is 5.08. The van der Waals surface area contributed by atoms with Crippen molar-refractivity contribution >= 4 is 5.97 Å². The summed E-state index contributed by atoms with van der Waals surface area (Å²) in [5.74, 6) is 0.212. The predicted octanol–water partition coefficient (Wildman–Crippen LogP) is 2.91. The van der Waals surface area contributed by atoms with Crippen molar-refractivity contribution in [3.63, 3.8) is 0 Å². The number of aromatic nitrogens is 2. The molecule has 1 aliphatic rings. The Balaban J connectivity index is 1.66. The van der Waals surface area contributed by atoms with Crippen molar-refractivity contribution in [2.75, 3.05) is 26.4 Å². The minimum Gasteiger partial charge on any atom is -0.466 e. The van der Waals surface area contributed by atoms with Gasteiger partial charge < -0.3 is 14.0 Å². The molecular formula is C18H20F3N3O4. The maximum Gasteiger partial charge on any atom is 0.416 e. The topological polar surface area (TPSA) is 77.7 Å². The maximum absolute atomic E-state index is 12.7. The minimum atomic E-state index is -4.40. The van der Waals surface area contributed by atoms with Crippen molar-refractivity contribution in [1.82, 2.24) is 15.0 Å². The molecule has 1 atom stereocenters. The van der Waals surface area contributed by atoms with Crippen LogP contribution in [0.2, 0.25) is 0 Å². The number of halogens is 3. The van der Waals surface area contributed by atoms with Crippen LogP contribution in [0.1, 0.15) is 24.8 Å². The van der Waals surface area contributed by atoms with E-state index < -0.39 is 11.7 Å². The fraction of sp³-hybridized carbons (Fsp3) is 0.500. The van der Waals surface area contributed by atoms with E-state index in [1.807, 2.05) is 4.90 Å². The van der Waals surface area contributed by atoms with Crippen LogP contribution >= 0.6 is 0 Å². The van der Waals surface area contributed by atoms with Crippen LogP contribution in [0.4, 0.5) is 13.2 Å². The summed E-state index contributed by atoms with van der Waals surface area (Å²) in [6.07, 6.45) is -4.21. The van der Waals surface area contributed by atoms with Gasteiger partial charge in [-0.25, -0.2) is 0 Å². The smallest absolute Gasteiger partial charge is 0.416 e. The van der Waals surface area contributed by atoms with Crippen LogP contribution in [-0.4, -0.2) is 53.4 Å². The molecule has 3 rings (SSSR count). The summed E-state index contributed by atoms with van der Waals surface area (Å²) in [5, 5.41) is 3.84. The minimum absolute atomic E-state index is 0.172. The molecule has 152 valence electrons. The Morgan fingerprint density at radius 2 is 2.07 bits per heavy atom. The summed E-state index contributed by atoms with van der Waals surface area (Å²) in [7, 11) is 0. The van der Waals surface area contributed by atoms with Crippen LogP contribution in [-0.2, 0) is 27.0 Å². The van der Waals surface area contributed by atoms with Crippen LogP contribution in [0, 0.1) is 0 Å². The number of ether oxygens (including phenoxy) is 2. The van der Waals surface area contributed by atoms with Crippen molar-refractivity contribution < 1.29 is 32.0 Å². The van der Waals surface area contributed by atoms with E-state index in [1.165, 1.54) is 12.1 Å². The molecule has 0 amide bonds. The Morgan fingerprint density at radius 1 is 1.32 bits per heavy atom. The lowest BCUT2D eigenvalue weighted by molar-refractivity contribution is -0.146. The average molecular weight is 399 g/mol. The number of carbonyl (C=O) groups is 1. The molecule has 28 heavy (non-hydrogen) atoms. The molecule has 2 aromatic rings. The highest BCUT2D eigenvalue weighted by Gasteiger charge is 2.30. The predicted molar refractivity (Wildman–Crippen MR) is 91.0 cm³/mol. The number of esters is 1. The van der Waals surface area contributed by atoms with Crippen molar-refractivity contribution in [2.45, 2.75) is 32.1 Å². The molecule has 0 spiro atoms. The lowest BCUT2D eigenvalue weighted by Crippen LogP contribution is -2.46. The normalized spacial score (nSPS) is 18.2. The quantitative estimate of drug-likeness (QED) is 0.691. The lowest BCUT2D eigenvalue weighted by atomic mass is 10.1. The molecule has 1 saturated heterocycles. The third-order valence-corrected chi connectivity index (χ3v) is 4.33. The zero-order valence-electron chi connectivity index (χ0n) is 15.2. The van der Waals surface area contributed by atoms with Crippen LogP contribution in [0.5, 0.6) is 0 Å². The SMILES string of the molecule is CCOC(=O)CC1COCCN1Cc1nc(-c2ccc(C(F)(F)F)cc2)no1. The molecule has 7 nitrogen and oxygen atoms in total. The molecule has 1 aliphatic heterocycles. The number of hydrogen-bond acceptors (Lipinski definition) is 7. The standard InChI is InChI=1S/C18H20F3N3O4/c1-2-27-16(25)9-14-11-26-8-7-24(14)10-15-22-17(23-28-15)12-3-5-13(6-4-12)18(19,20)21/h3-6,14H,2,7-11H2,1H3. The van der Waals surface area contributed by atoms with Crippen molar-refractivity contribution in [1.29, 1.82) is 0 Å². The number of morpholine rings is 1. The molecule has 1 unspecified atom stereocenters. The molecule has 1 fully saturated rings. The highest BCUT2D eigenvalue weighted by atomic mass is 19.4. The summed E-state index contributed by atoms with van der Waals surface area (Å²) in [6.45, 7) is 3.85. The largest absolute Gasteiger partial charge is 0.466 e. The monoisotopic (exact) mass is 399 g/mol. The summed E-state index contributed by atoms with van der Waals surface area (Å²) >= 11 is 0. The van der Waals surface area contributed by atoms with E-state index in [9.17, 15) is 18.0 Å². The van der Waals surface area contributed by atoms with Crippen LogP contribution < -0.4 is 0 Å². The Labute approximate surface area is 159 Å². The van der Waals surface area contributed by atoms with Gasteiger partial charge in [-0.2, -0.15) is 18.2 Å². The van der Waals surface area contributed by atoms with Gasteiger partial charge in [0.1, 0.15) is 0 Å². The first-order chi connectivity index (χ1) is 13.4. The van der Waals surface area contributed by atoms with Crippen LogP contribution in [0.15, 0.2) is 28.8 Å². The van der Waals surface area contributed by atoms with Gasteiger partial charge in [-0.15, -0.1) is 0 Å². The number of rotatable bonds is 6. The van der Waals surface area contributed by atoms with Crippen molar-refractivity contribution in [3.05, 3.63) is 35.7 Å². The first kappa shape index (κ1) is 20.3. The molecule has 0 N–H and O–H groups in total. The lowest BCUT2D eigenvalue weighted by Gasteiger charge is -2.33. The fourth-order valence-electron chi connectivity index (χ4n) is 2.92. The van der Waals surface area contributed by atoms with Gasteiger partial charge in [0.2, 0.25) is 11.7 Å². The van der Waals surface area contributed by atoms with E-state index in [4.69, 9.17) is 14.0 Å². The number of nitrogens with zero attached hydrogens (tertiary/aromatic N) is 3. The first-order valence-corrected chi connectivity index (χ1v) is 8.84. The fourth-order valence-corrected chi connectivity index (χ4v) is 2.92. The zero-order valence-corrected chi connectivity index (χ0v) is 15.2.